The lowest BCUT2D eigenvalue weighted by Crippen LogP contribution is -2.54. The Kier molecular flexibility index (Phi) is 2.62. The average molecular weight is 179 g/mol. The van der Waals surface area contributed by atoms with E-state index in [1.54, 1.807) is 0 Å². The van der Waals surface area contributed by atoms with Crippen LogP contribution >= 0.6 is 0 Å². The number of esters is 1. The molecule has 0 bridgehead atoms. The minimum atomic E-state index is -2.97. The number of halogens is 2. The Hall–Kier alpha value is -0.710. The van der Waals surface area contributed by atoms with E-state index < -0.39 is 17.9 Å². The molecule has 0 spiro atoms. The molecule has 1 heterocycles. The van der Waals surface area contributed by atoms with Gasteiger partial charge in [-0.25, -0.2) is 8.78 Å². The van der Waals surface area contributed by atoms with Gasteiger partial charge in [0.2, 0.25) is 0 Å². The van der Waals surface area contributed by atoms with Crippen molar-refractivity contribution in [2.24, 2.45) is 0 Å². The van der Waals surface area contributed by atoms with Gasteiger partial charge in [-0.05, 0) is 13.0 Å². The highest BCUT2D eigenvalue weighted by atomic mass is 19.3. The van der Waals surface area contributed by atoms with Crippen molar-refractivity contribution in [3.8, 4) is 0 Å². The fourth-order valence-electron chi connectivity index (χ4n) is 1.24. The molecule has 12 heavy (non-hydrogen) atoms. The number of piperidine rings is 1. The van der Waals surface area contributed by atoms with E-state index in [0.717, 1.165) is 7.11 Å². The largest absolute Gasteiger partial charge is 0.468 e. The molecule has 1 saturated heterocycles. The second-order valence-electron chi connectivity index (χ2n) is 2.77. The maximum Gasteiger partial charge on any atom is 0.329 e. The number of hydrogen-bond donors (Lipinski definition) is 1. The van der Waals surface area contributed by atoms with Gasteiger partial charge < -0.3 is 4.74 Å². The van der Waals surface area contributed by atoms with Crippen LogP contribution in [-0.4, -0.2) is 31.6 Å². The quantitative estimate of drug-likeness (QED) is 0.597. The molecule has 1 N–H and O–H groups in total. The van der Waals surface area contributed by atoms with Gasteiger partial charge in [0, 0.05) is 6.42 Å². The number of ether oxygens (including phenoxy) is 1. The maximum absolute atomic E-state index is 12.9. The average Bonchev–Trinajstić information content (AvgIpc) is 2.02. The summed E-state index contributed by atoms with van der Waals surface area (Å²) in [6, 6.07) is -1.46. The van der Waals surface area contributed by atoms with E-state index >= 15 is 0 Å². The molecule has 1 aliphatic heterocycles. The standard InChI is InChI=1S/C7H11F2NO2/c1-12-6(11)5-7(8,9)3-2-4-10-5/h5,10H,2-4H2,1H3. The normalized spacial score (nSPS) is 28.1. The van der Waals surface area contributed by atoms with E-state index in [4.69, 9.17) is 0 Å². The summed E-state index contributed by atoms with van der Waals surface area (Å²) in [6.07, 6.45) is 0.139. The molecular formula is C7H11F2NO2. The van der Waals surface area contributed by atoms with Crippen LogP contribution in [0.15, 0.2) is 0 Å². The van der Waals surface area contributed by atoms with Crippen LogP contribution in [0.5, 0.6) is 0 Å². The number of carbonyl (C=O) groups excluding carboxylic acids is 1. The Bertz CT molecular complexity index is 184. The van der Waals surface area contributed by atoms with E-state index in [9.17, 15) is 13.6 Å². The zero-order chi connectivity index (χ0) is 9.19. The predicted molar refractivity (Wildman–Crippen MR) is 38.0 cm³/mol. The Morgan fingerprint density at radius 2 is 2.33 bits per heavy atom. The van der Waals surface area contributed by atoms with Crippen molar-refractivity contribution < 1.29 is 18.3 Å². The zero-order valence-corrected chi connectivity index (χ0v) is 6.77. The molecule has 3 nitrogen and oxygen atoms in total. The molecule has 70 valence electrons. The second kappa shape index (κ2) is 3.35. The third-order valence-electron chi connectivity index (χ3n) is 1.89. The summed E-state index contributed by atoms with van der Waals surface area (Å²) in [5.41, 5.74) is 0. The first-order chi connectivity index (χ1) is 5.58. The lowest BCUT2D eigenvalue weighted by molar-refractivity contribution is -0.157. The minimum absolute atomic E-state index is 0.250. The Balaban J connectivity index is 2.66. The molecule has 1 atom stereocenters. The third-order valence-corrected chi connectivity index (χ3v) is 1.89. The molecule has 0 aromatic heterocycles. The zero-order valence-electron chi connectivity index (χ0n) is 6.77. The van der Waals surface area contributed by atoms with Crippen LogP contribution in [-0.2, 0) is 9.53 Å². The highest BCUT2D eigenvalue weighted by Gasteiger charge is 2.46. The number of alkyl halides is 2. The fourth-order valence-corrected chi connectivity index (χ4v) is 1.24. The molecule has 5 heteroatoms. The first-order valence-corrected chi connectivity index (χ1v) is 3.77. The van der Waals surface area contributed by atoms with Gasteiger partial charge in [-0.1, -0.05) is 0 Å². The van der Waals surface area contributed by atoms with Crippen LogP contribution in [0.3, 0.4) is 0 Å². The summed E-state index contributed by atoms with van der Waals surface area (Å²) in [5, 5.41) is 2.44. The van der Waals surface area contributed by atoms with E-state index in [1.807, 2.05) is 0 Å². The molecule has 0 saturated carbocycles. The van der Waals surface area contributed by atoms with Crippen molar-refractivity contribution in [1.82, 2.24) is 5.32 Å². The van der Waals surface area contributed by atoms with E-state index in [-0.39, 0.29) is 6.42 Å². The maximum atomic E-state index is 12.9. The van der Waals surface area contributed by atoms with Gasteiger partial charge in [-0.2, -0.15) is 0 Å². The first kappa shape index (κ1) is 9.38. The molecule has 1 aliphatic rings. The van der Waals surface area contributed by atoms with E-state index in [2.05, 4.69) is 10.1 Å². The molecule has 0 amide bonds. The molecule has 0 aromatic rings. The molecule has 0 aromatic carbocycles. The Morgan fingerprint density at radius 3 is 2.83 bits per heavy atom. The summed E-state index contributed by atoms with van der Waals surface area (Å²) in [4.78, 5) is 10.8. The monoisotopic (exact) mass is 179 g/mol. The fraction of sp³-hybridized carbons (Fsp3) is 0.857. The summed E-state index contributed by atoms with van der Waals surface area (Å²) >= 11 is 0. The Labute approximate surface area is 69.1 Å². The summed E-state index contributed by atoms with van der Waals surface area (Å²) in [5.74, 6) is -3.86. The molecule has 0 aliphatic carbocycles. The van der Waals surface area contributed by atoms with Crippen molar-refractivity contribution in [3.05, 3.63) is 0 Å². The van der Waals surface area contributed by atoms with Crippen LogP contribution in [0.1, 0.15) is 12.8 Å². The van der Waals surface area contributed by atoms with Gasteiger partial charge in [0.25, 0.3) is 5.92 Å². The van der Waals surface area contributed by atoms with E-state index in [1.165, 1.54) is 0 Å². The summed E-state index contributed by atoms with van der Waals surface area (Å²) in [6.45, 7) is 0.440. The van der Waals surface area contributed by atoms with Gasteiger partial charge in [0.15, 0.2) is 6.04 Å². The van der Waals surface area contributed by atoms with Crippen molar-refractivity contribution in [3.63, 3.8) is 0 Å². The number of hydrogen-bond acceptors (Lipinski definition) is 3. The molecular weight excluding hydrogens is 168 g/mol. The second-order valence-corrected chi connectivity index (χ2v) is 2.77. The summed E-state index contributed by atoms with van der Waals surface area (Å²) < 4.78 is 30.1. The molecule has 1 rings (SSSR count). The van der Waals surface area contributed by atoms with Crippen LogP contribution in [0, 0.1) is 0 Å². The Morgan fingerprint density at radius 1 is 1.67 bits per heavy atom. The van der Waals surface area contributed by atoms with Crippen molar-refractivity contribution >= 4 is 5.97 Å². The van der Waals surface area contributed by atoms with Crippen molar-refractivity contribution in [2.75, 3.05) is 13.7 Å². The summed E-state index contributed by atoms with van der Waals surface area (Å²) in [7, 11) is 1.11. The number of rotatable bonds is 1. The predicted octanol–water partition coefficient (Wildman–Crippen LogP) is 0.547. The highest BCUT2D eigenvalue weighted by Crippen LogP contribution is 2.28. The number of carbonyl (C=O) groups is 1. The topological polar surface area (TPSA) is 38.3 Å². The SMILES string of the molecule is COC(=O)C1NCCCC1(F)F. The van der Waals surface area contributed by atoms with Crippen molar-refractivity contribution in [2.45, 2.75) is 24.8 Å². The van der Waals surface area contributed by atoms with Gasteiger partial charge in [0.05, 0.1) is 7.11 Å². The third kappa shape index (κ3) is 1.72. The van der Waals surface area contributed by atoms with Crippen LogP contribution in [0.2, 0.25) is 0 Å². The van der Waals surface area contributed by atoms with Crippen LogP contribution in [0.4, 0.5) is 8.78 Å². The molecule has 1 fully saturated rings. The first-order valence-electron chi connectivity index (χ1n) is 3.77. The van der Waals surface area contributed by atoms with Crippen LogP contribution < -0.4 is 5.32 Å². The lowest BCUT2D eigenvalue weighted by Gasteiger charge is -2.29. The van der Waals surface area contributed by atoms with Gasteiger partial charge in [-0.3, -0.25) is 10.1 Å². The van der Waals surface area contributed by atoms with Gasteiger partial charge in [0.1, 0.15) is 0 Å². The van der Waals surface area contributed by atoms with Crippen LogP contribution in [0.25, 0.3) is 0 Å². The van der Waals surface area contributed by atoms with E-state index in [0.29, 0.717) is 13.0 Å². The molecule has 1 unspecified atom stereocenters. The lowest BCUT2D eigenvalue weighted by atomic mass is 10.0. The minimum Gasteiger partial charge on any atom is -0.468 e. The highest BCUT2D eigenvalue weighted by molar-refractivity contribution is 5.77. The smallest absolute Gasteiger partial charge is 0.329 e. The van der Waals surface area contributed by atoms with Crippen molar-refractivity contribution in [1.29, 1.82) is 0 Å². The number of methoxy groups -OCH3 is 1. The van der Waals surface area contributed by atoms with Gasteiger partial charge >= 0.3 is 5.97 Å². The van der Waals surface area contributed by atoms with Gasteiger partial charge in [-0.15, -0.1) is 0 Å². The molecule has 0 radical (unpaired) electrons. The number of nitrogens with one attached hydrogen (secondary N) is 1.